The smallest absolute Gasteiger partial charge is 0.0659 e. The molecule has 0 N–H and O–H groups in total. The summed E-state index contributed by atoms with van der Waals surface area (Å²) in [5.74, 6) is 0. The molecule has 0 saturated heterocycles. The van der Waals surface area contributed by atoms with Crippen LogP contribution in [0.5, 0.6) is 0 Å². The molecule has 0 amide bonds. The first-order valence-corrected chi connectivity index (χ1v) is 14.8. The monoisotopic (exact) mass is 466 g/mol. The molecule has 0 unspecified atom stereocenters. The number of hydrogen-bond acceptors (Lipinski definition) is 0. The van der Waals surface area contributed by atoms with Gasteiger partial charge in [-0.3, -0.25) is 0 Å². The second-order valence-corrected chi connectivity index (χ2v) is 12.8. The van der Waals surface area contributed by atoms with Crippen molar-refractivity contribution in [3.8, 4) is 0 Å². The second kappa shape index (κ2) is 10.9. The Balaban J connectivity index is 1.52. The number of rotatable bonds is 6. The van der Waals surface area contributed by atoms with Crippen molar-refractivity contribution in [3.63, 3.8) is 0 Å². The molecule has 5 aromatic rings. The van der Waals surface area contributed by atoms with E-state index < -0.39 is 16.8 Å². The minimum Gasteiger partial charge on any atom is -0.0659 e. The largest absolute Gasteiger partial charge is 0.0806 e. The first kappa shape index (κ1) is 22.1. The van der Waals surface area contributed by atoms with Gasteiger partial charge in [-0.15, -0.1) is 0 Å². The molecule has 5 aromatic carbocycles. The van der Waals surface area contributed by atoms with Crippen LogP contribution in [0.2, 0.25) is 0 Å². The lowest BCUT2D eigenvalue weighted by Gasteiger charge is -2.09. The van der Waals surface area contributed by atoms with E-state index in [1.165, 1.54) is 31.9 Å². The lowest BCUT2D eigenvalue weighted by Crippen LogP contribution is -2.36. The predicted molar refractivity (Wildman–Crippen MR) is 153 cm³/mol. The molecule has 2 heteroatoms. The van der Waals surface area contributed by atoms with Gasteiger partial charge in [-0.25, -0.2) is 0 Å². The standard InChI is InChI=1S/C32H26Si2/c1-5-13-29(14-6-1)33(30-15-7-2-8-16-30)25-27-21-23-28(24-22-27)26-34(31-17-9-3-10-18-31)32-19-11-4-12-20-32/h1-26H. The van der Waals surface area contributed by atoms with Crippen molar-refractivity contribution in [2.24, 2.45) is 0 Å². The molecule has 0 fully saturated rings. The van der Waals surface area contributed by atoms with Crippen LogP contribution >= 0.6 is 0 Å². The van der Waals surface area contributed by atoms with E-state index in [0.717, 1.165) is 0 Å². The average Bonchev–Trinajstić information content (AvgIpc) is 2.93. The highest BCUT2D eigenvalue weighted by atomic mass is 28.2. The molecule has 0 nitrogen and oxygen atoms in total. The van der Waals surface area contributed by atoms with Gasteiger partial charge in [-0.1, -0.05) is 157 Å². The summed E-state index contributed by atoms with van der Waals surface area (Å²) in [6.07, 6.45) is 0. The lowest BCUT2D eigenvalue weighted by molar-refractivity contribution is 1.66. The van der Waals surface area contributed by atoms with Crippen molar-refractivity contribution in [2.75, 3.05) is 0 Å². The van der Waals surface area contributed by atoms with Crippen molar-refractivity contribution < 1.29 is 0 Å². The highest BCUT2D eigenvalue weighted by Gasteiger charge is 2.08. The van der Waals surface area contributed by atoms with Gasteiger partial charge in [0.05, 0.1) is 16.8 Å². The Morgan fingerprint density at radius 1 is 0.294 bits per heavy atom. The Labute approximate surface area is 205 Å². The molecule has 0 heterocycles. The maximum absolute atomic E-state index is 2.47. The normalized spacial score (nSPS) is 10.4. The number of hydrogen-bond donors (Lipinski definition) is 0. The molecule has 5 rings (SSSR count). The fraction of sp³-hybridized carbons (Fsp3) is 0. The molecule has 0 atom stereocenters. The van der Waals surface area contributed by atoms with Crippen molar-refractivity contribution in [1.82, 2.24) is 0 Å². The SMILES string of the molecule is C(c1ccc(C=[Si](c2ccccc2)c2ccccc2)cc1)=[Si](c1ccccc1)c1ccccc1. The van der Waals surface area contributed by atoms with Gasteiger partial charge in [-0.2, -0.15) is 0 Å². The fourth-order valence-electron chi connectivity index (χ4n) is 4.16. The minimum atomic E-state index is -1.00. The van der Waals surface area contributed by atoms with Gasteiger partial charge in [0.25, 0.3) is 0 Å². The second-order valence-electron chi connectivity index (χ2n) is 8.25. The van der Waals surface area contributed by atoms with Crippen LogP contribution in [-0.2, 0) is 0 Å². The molecule has 0 aromatic heterocycles. The highest BCUT2D eigenvalue weighted by Crippen LogP contribution is 2.02. The van der Waals surface area contributed by atoms with Crippen LogP contribution in [0.3, 0.4) is 0 Å². The van der Waals surface area contributed by atoms with E-state index in [1.54, 1.807) is 0 Å². The van der Waals surface area contributed by atoms with E-state index >= 15 is 0 Å². The van der Waals surface area contributed by atoms with Crippen LogP contribution in [0.4, 0.5) is 0 Å². The maximum atomic E-state index is 2.47. The number of benzene rings is 5. The molecule has 0 spiro atoms. The molecule has 162 valence electrons. The Bertz CT molecular complexity index is 1190. The average molecular weight is 467 g/mol. The van der Waals surface area contributed by atoms with Crippen molar-refractivity contribution in [3.05, 3.63) is 157 Å². The van der Waals surface area contributed by atoms with E-state index in [0.29, 0.717) is 0 Å². The lowest BCUT2D eigenvalue weighted by atomic mass is 10.2. The Hall–Kier alpha value is -3.73. The van der Waals surface area contributed by atoms with Gasteiger partial charge in [0.1, 0.15) is 0 Å². The Kier molecular flexibility index (Phi) is 7.10. The fourth-order valence-corrected chi connectivity index (χ4v) is 8.75. The first-order valence-electron chi connectivity index (χ1n) is 11.6. The van der Waals surface area contributed by atoms with Gasteiger partial charge in [0, 0.05) is 0 Å². The third-order valence-corrected chi connectivity index (χ3v) is 11.0. The molecule has 34 heavy (non-hydrogen) atoms. The van der Waals surface area contributed by atoms with Crippen LogP contribution < -0.4 is 20.7 Å². The molecule has 0 aliphatic heterocycles. The van der Waals surface area contributed by atoms with Gasteiger partial charge >= 0.3 is 0 Å². The topological polar surface area (TPSA) is 0 Å². The molecule has 0 bridgehead atoms. The summed E-state index contributed by atoms with van der Waals surface area (Å²) in [6, 6.07) is 52.7. The van der Waals surface area contributed by atoms with Crippen LogP contribution in [0.1, 0.15) is 11.1 Å². The minimum absolute atomic E-state index is 1.00. The van der Waals surface area contributed by atoms with Crippen molar-refractivity contribution in [2.45, 2.75) is 0 Å². The zero-order valence-corrected chi connectivity index (χ0v) is 21.0. The van der Waals surface area contributed by atoms with Gasteiger partial charge in [0.2, 0.25) is 0 Å². The van der Waals surface area contributed by atoms with E-state index in [2.05, 4.69) is 157 Å². The summed E-state index contributed by atoms with van der Waals surface area (Å²) in [4.78, 5) is 0. The molecule has 0 aliphatic carbocycles. The summed E-state index contributed by atoms with van der Waals surface area (Å²) in [5.41, 5.74) is 7.51. The Morgan fingerprint density at radius 3 is 0.765 bits per heavy atom. The first-order chi connectivity index (χ1) is 16.9. The van der Waals surface area contributed by atoms with Crippen LogP contribution in [0.15, 0.2) is 146 Å². The summed E-state index contributed by atoms with van der Waals surface area (Å²) >= 11 is 0. The van der Waals surface area contributed by atoms with Gasteiger partial charge < -0.3 is 0 Å². The van der Waals surface area contributed by atoms with Crippen molar-refractivity contribution >= 4 is 48.9 Å². The predicted octanol–water partition coefficient (Wildman–Crippen LogP) is 3.77. The van der Waals surface area contributed by atoms with E-state index in [-0.39, 0.29) is 0 Å². The van der Waals surface area contributed by atoms with Gasteiger partial charge in [0.15, 0.2) is 0 Å². The van der Waals surface area contributed by atoms with Crippen molar-refractivity contribution in [1.29, 1.82) is 0 Å². The summed E-state index contributed by atoms with van der Waals surface area (Å²) < 4.78 is 0. The highest BCUT2D eigenvalue weighted by molar-refractivity contribution is 6.90. The van der Waals surface area contributed by atoms with Crippen LogP contribution in [-0.4, -0.2) is 28.2 Å². The molecule has 0 saturated carbocycles. The zero-order chi connectivity index (χ0) is 23.0. The quantitative estimate of drug-likeness (QED) is 0.334. The third kappa shape index (κ3) is 5.42. The summed E-state index contributed by atoms with van der Waals surface area (Å²) in [7, 11) is -2.00. The molecule has 0 aliphatic rings. The summed E-state index contributed by atoms with van der Waals surface area (Å²) in [6.45, 7) is 0. The summed E-state index contributed by atoms with van der Waals surface area (Å²) in [5, 5.41) is 5.64. The van der Waals surface area contributed by atoms with Gasteiger partial charge in [-0.05, 0) is 31.9 Å². The maximum Gasteiger partial charge on any atom is 0.0806 e. The molecular formula is C32H26Si2. The van der Waals surface area contributed by atoms with E-state index in [9.17, 15) is 0 Å². The van der Waals surface area contributed by atoms with E-state index in [1.807, 2.05) is 0 Å². The Morgan fingerprint density at radius 2 is 0.529 bits per heavy atom. The molecular weight excluding hydrogens is 441 g/mol. The van der Waals surface area contributed by atoms with Crippen LogP contribution in [0.25, 0.3) is 0 Å². The third-order valence-electron chi connectivity index (χ3n) is 5.90. The van der Waals surface area contributed by atoms with Crippen LogP contribution in [0, 0.1) is 0 Å². The van der Waals surface area contributed by atoms with E-state index in [4.69, 9.17) is 0 Å². The molecule has 0 radical (unpaired) electrons. The zero-order valence-electron chi connectivity index (χ0n) is 19.0.